The maximum absolute atomic E-state index is 12.1. The molecule has 0 spiro atoms. The van der Waals surface area contributed by atoms with Crippen LogP contribution in [-0.4, -0.2) is 22.9 Å². The second-order valence-electron chi connectivity index (χ2n) is 4.94. The summed E-state index contributed by atoms with van der Waals surface area (Å²) < 4.78 is 1.50. The third-order valence-electron chi connectivity index (χ3n) is 3.58. The first-order chi connectivity index (χ1) is 10.1. The van der Waals surface area contributed by atoms with E-state index in [4.69, 9.17) is 5.73 Å². The normalized spacial score (nSPS) is 10.6. The Morgan fingerprint density at radius 1 is 1.19 bits per heavy atom. The summed E-state index contributed by atoms with van der Waals surface area (Å²) in [5.41, 5.74) is 8.37. The van der Waals surface area contributed by atoms with E-state index in [0.717, 1.165) is 36.4 Å². The van der Waals surface area contributed by atoms with Crippen LogP contribution in [0.3, 0.4) is 0 Å². The Bertz CT molecular complexity index is 629. The fourth-order valence-corrected chi connectivity index (χ4v) is 2.27. The predicted molar refractivity (Wildman–Crippen MR) is 86.6 cm³/mol. The van der Waals surface area contributed by atoms with Gasteiger partial charge < -0.3 is 10.6 Å². The summed E-state index contributed by atoms with van der Waals surface area (Å²) >= 11 is 0. The molecule has 0 saturated heterocycles. The van der Waals surface area contributed by atoms with E-state index in [2.05, 4.69) is 23.8 Å². The molecule has 0 unspecified atom stereocenters. The Morgan fingerprint density at radius 2 is 1.86 bits per heavy atom. The maximum Gasteiger partial charge on any atom is 0.268 e. The van der Waals surface area contributed by atoms with Crippen LogP contribution in [0.15, 0.2) is 41.3 Å². The van der Waals surface area contributed by atoms with Crippen molar-refractivity contribution in [2.45, 2.75) is 26.8 Å². The lowest BCUT2D eigenvalue weighted by atomic mass is 10.1. The molecule has 0 aliphatic heterocycles. The van der Waals surface area contributed by atoms with Crippen molar-refractivity contribution >= 4 is 11.4 Å². The molecule has 0 fully saturated rings. The Hall–Kier alpha value is -2.30. The maximum atomic E-state index is 12.1. The van der Waals surface area contributed by atoms with Crippen LogP contribution in [0.1, 0.15) is 19.4 Å². The lowest BCUT2D eigenvalue weighted by molar-refractivity contribution is 0.577. The van der Waals surface area contributed by atoms with Crippen LogP contribution in [0, 0.1) is 0 Å². The molecule has 1 heterocycles. The van der Waals surface area contributed by atoms with Crippen LogP contribution in [0.4, 0.5) is 11.4 Å². The fraction of sp³-hybridized carbons (Fsp3) is 0.375. The molecule has 0 atom stereocenters. The Kier molecular flexibility index (Phi) is 4.98. The minimum atomic E-state index is -0.0603. The smallest absolute Gasteiger partial charge is 0.268 e. The average Bonchev–Trinajstić information content (AvgIpc) is 2.49. The van der Waals surface area contributed by atoms with Gasteiger partial charge in [0.15, 0.2) is 0 Å². The molecule has 5 heteroatoms. The SMILES string of the molecule is CCN(CC)c1cnn(CCc2ccc(N)cc2)c(=O)c1. The van der Waals surface area contributed by atoms with Gasteiger partial charge in [-0.25, -0.2) is 4.68 Å². The number of aromatic nitrogens is 2. The van der Waals surface area contributed by atoms with E-state index in [9.17, 15) is 4.79 Å². The average molecular weight is 286 g/mol. The van der Waals surface area contributed by atoms with E-state index in [1.54, 1.807) is 12.3 Å². The van der Waals surface area contributed by atoms with Gasteiger partial charge in [-0.15, -0.1) is 0 Å². The predicted octanol–water partition coefficient (Wildman–Crippen LogP) is 1.91. The number of rotatable bonds is 6. The second-order valence-corrected chi connectivity index (χ2v) is 4.94. The summed E-state index contributed by atoms with van der Waals surface area (Å²) in [4.78, 5) is 14.2. The minimum absolute atomic E-state index is 0.0603. The molecule has 1 aromatic heterocycles. The van der Waals surface area contributed by atoms with Crippen molar-refractivity contribution in [1.29, 1.82) is 0 Å². The van der Waals surface area contributed by atoms with Crippen molar-refractivity contribution in [2.24, 2.45) is 0 Å². The Morgan fingerprint density at radius 3 is 2.43 bits per heavy atom. The van der Waals surface area contributed by atoms with Crippen molar-refractivity contribution in [3.8, 4) is 0 Å². The van der Waals surface area contributed by atoms with Gasteiger partial charge in [0.25, 0.3) is 5.56 Å². The number of nitrogen functional groups attached to an aromatic ring is 1. The number of benzene rings is 1. The highest BCUT2D eigenvalue weighted by Crippen LogP contribution is 2.09. The van der Waals surface area contributed by atoms with Crippen molar-refractivity contribution in [3.05, 3.63) is 52.4 Å². The van der Waals surface area contributed by atoms with Crippen molar-refractivity contribution in [1.82, 2.24) is 9.78 Å². The molecule has 0 bridgehead atoms. The molecule has 112 valence electrons. The van der Waals surface area contributed by atoms with E-state index in [-0.39, 0.29) is 5.56 Å². The van der Waals surface area contributed by atoms with Gasteiger partial charge in [-0.05, 0) is 38.0 Å². The van der Waals surface area contributed by atoms with Gasteiger partial charge in [0, 0.05) is 31.4 Å². The first kappa shape index (κ1) is 15.1. The number of nitrogens with zero attached hydrogens (tertiary/aromatic N) is 3. The summed E-state index contributed by atoms with van der Waals surface area (Å²) in [5, 5.41) is 4.27. The zero-order valence-electron chi connectivity index (χ0n) is 12.6. The van der Waals surface area contributed by atoms with E-state index < -0.39 is 0 Å². The van der Waals surface area contributed by atoms with Crippen molar-refractivity contribution < 1.29 is 0 Å². The quantitative estimate of drug-likeness (QED) is 0.824. The van der Waals surface area contributed by atoms with Gasteiger partial charge in [-0.3, -0.25) is 4.79 Å². The molecule has 0 saturated carbocycles. The van der Waals surface area contributed by atoms with Gasteiger partial charge in [-0.1, -0.05) is 12.1 Å². The summed E-state index contributed by atoms with van der Waals surface area (Å²) in [6, 6.07) is 9.35. The zero-order chi connectivity index (χ0) is 15.2. The van der Waals surface area contributed by atoms with Crippen LogP contribution in [0.25, 0.3) is 0 Å². The molecule has 0 amide bonds. The van der Waals surface area contributed by atoms with E-state index in [1.807, 2.05) is 24.3 Å². The Balaban J connectivity index is 2.07. The third kappa shape index (κ3) is 3.84. The molecule has 1 aromatic carbocycles. The molecule has 2 rings (SSSR count). The number of nitrogens with two attached hydrogens (primary N) is 1. The topological polar surface area (TPSA) is 64.2 Å². The first-order valence-electron chi connectivity index (χ1n) is 7.30. The molecular weight excluding hydrogens is 264 g/mol. The lowest BCUT2D eigenvalue weighted by Crippen LogP contribution is -2.28. The van der Waals surface area contributed by atoms with Crippen LogP contribution in [0.5, 0.6) is 0 Å². The van der Waals surface area contributed by atoms with E-state index in [0.29, 0.717) is 6.54 Å². The standard InChI is InChI=1S/C16H22N4O/c1-3-19(4-2)15-11-16(21)20(18-12-15)10-9-13-5-7-14(17)8-6-13/h5-8,11-12H,3-4,9-10,17H2,1-2H3. The number of hydrogen-bond acceptors (Lipinski definition) is 4. The van der Waals surface area contributed by atoms with Gasteiger partial charge in [0.1, 0.15) is 0 Å². The number of anilines is 2. The Labute approximate surface area is 125 Å². The second kappa shape index (κ2) is 6.92. The van der Waals surface area contributed by atoms with Crippen molar-refractivity contribution in [3.63, 3.8) is 0 Å². The summed E-state index contributed by atoms with van der Waals surface area (Å²) in [6.45, 7) is 6.44. The van der Waals surface area contributed by atoms with Crippen molar-refractivity contribution in [2.75, 3.05) is 23.7 Å². The van der Waals surface area contributed by atoms with Crippen LogP contribution in [-0.2, 0) is 13.0 Å². The molecule has 0 aliphatic carbocycles. The molecule has 21 heavy (non-hydrogen) atoms. The first-order valence-corrected chi connectivity index (χ1v) is 7.30. The third-order valence-corrected chi connectivity index (χ3v) is 3.58. The highest BCUT2D eigenvalue weighted by molar-refractivity contribution is 5.42. The highest BCUT2D eigenvalue weighted by atomic mass is 16.1. The zero-order valence-corrected chi connectivity index (χ0v) is 12.6. The van der Waals surface area contributed by atoms with Crippen LogP contribution >= 0.6 is 0 Å². The largest absolute Gasteiger partial charge is 0.399 e. The lowest BCUT2D eigenvalue weighted by Gasteiger charge is -2.20. The van der Waals surface area contributed by atoms with Crippen LogP contribution in [0.2, 0.25) is 0 Å². The summed E-state index contributed by atoms with van der Waals surface area (Å²) in [5.74, 6) is 0. The highest BCUT2D eigenvalue weighted by Gasteiger charge is 2.05. The number of aryl methyl sites for hydroxylation is 2. The van der Waals surface area contributed by atoms with Crippen LogP contribution < -0.4 is 16.2 Å². The monoisotopic (exact) mass is 286 g/mol. The molecule has 0 aliphatic rings. The molecular formula is C16H22N4O. The summed E-state index contributed by atoms with van der Waals surface area (Å²) in [7, 11) is 0. The van der Waals surface area contributed by atoms with Gasteiger partial charge in [-0.2, -0.15) is 5.10 Å². The number of hydrogen-bond donors (Lipinski definition) is 1. The molecule has 0 radical (unpaired) electrons. The molecule has 2 aromatic rings. The van der Waals surface area contributed by atoms with Gasteiger partial charge in [0.05, 0.1) is 11.9 Å². The van der Waals surface area contributed by atoms with Gasteiger partial charge in [0.2, 0.25) is 0 Å². The minimum Gasteiger partial charge on any atom is -0.399 e. The fourth-order valence-electron chi connectivity index (χ4n) is 2.27. The molecule has 2 N–H and O–H groups in total. The molecule has 5 nitrogen and oxygen atoms in total. The van der Waals surface area contributed by atoms with Gasteiger partial charge >= 0.3 is 0 Å². The summed E-state index contributed by atoms with van der Waals surface area (Å²) in [6.07, 6.45) is 2.52. The van der Waals surface area contributed by atoms with E-state index >= 15 is 0 Å². The van der Waals surface area contributed by atoms with E-state index in [1.165, 1.54) is 4.68 Å².